The Hall–Kier alpha value is -2.97. The molecule has 0 saturated heterocycles. The third-order valence-corrected chi connectivity index (χ3v) is 5.68. The van der Waals surface area contributed by atoms with Crippen molar-refractivity contribution < 1.29 is 8.78 Å². The van der Waals surface area contributed by atoms with Crippen LogP contribution in [0.3, 0.4) is 0 Å². The standard InChI is InChI=1S/C24H21BrF2N4O/c1-13(2)21-6-4-18(12-29-21)31-23(20(28)9-14-7-16(26)11-17(27)8-14)30-22-10-15(25)3-5-19(22)24(31)32/h3-8,10-13,20H,9,28H2,1-2H3/t20-/m0/s1. The molecule has 2 heterocycles. The summed E-state index contributed by atoms with van der Waals surface area (Å²) in [6.45, 7) is 4.06. The van der Waals surface area contributed by atoms with Crippen molar-refractivity contribution in [3.8, 4) is 5.69 Å². The van der Waals surface area contributed by atoms with E-state index in [0.29, 0.717) is 22.2 Å². The number of hydrogen-bond acceptors (Lipinski definition) is 4. The van der Waals surface area contributed by atoms with Gasteiger partial charge >= 0.3 is 0 Å². The van der Waals surface area contributed by atoms with E-state index in [1.165, 1.54) is 16.7 Å². The molecule has 0 bridgehead atoms. The number of fused-ring (bicyclic) bond motifs is 1. The van der Waals surface area contributed by atoms with Gasteiger partial charge in [-0.1, -0.05) is 29.8 Å². The SMILES string of the molecule is CC(C)c1ccc(-n2c([C@@H](N)Cc3cc(F)cc(F)c3)nc3cc(Br)ccc3c2=O)cn1. The summed E-state index contributed by atoms with van der Waals surface area (Å²) < 4.78 is 29.6. The molecular weight excluding hydrogens is 478 g/mol. The van der Waals surface area contributed by atoms with E-state index in [2.05, 4.69) is 25.9 Å². The van der Waals surface area contributed by atoms with E-state index in [0.717, 1.165) is 16.2 Å². The van der Waals surface area contributed by atoms with E-state index in [1.807, 2.05) is 19.9 Å². The first-order chi connectivity index (χ1) is 15.2. The highest BCUT2D eigenvalue weighted by molar-refractivity contribution is 9.10. The van der Waals surface area contributed by atoms with E-state index in [-0.39, 0.29) is 23.7 Å². The van der Waals surface area contributed by atoms with Gasteiger partial charge in [0.05, 0.1) is 28.8 Å². The van der Waals surface area contributed by atoms with E-state index >= 15 is 0 Å². The Labute approximate surface area is 192 Å². The number of nitrogens with two attached hydrogens (primary N) is 1. The first-order valence-corrected chi connectivity index (χ1v) is 10.9. The van der Waals surface area contributed by atoms with Gasteiger partial charge in [-0.15, -0.1) is 0 Å². The van der Waals surface area contributed by atoms with Gasteiger partial charge in [-0.3, -0.25) is 14.3 Å². The maximum atomic E-state index is 13.7. The number of nitrogens with zero attached hydrogens (tertiary/aromatic N) is 3. The molecule has 8 heteroatoms. The Kier molecular flexibility index (Phi) is 6.17. The first-order valence-electron chi connectivity index (χ1n) is 10.1. The average molecular weight is 499 g/mol. The molecule has 5 nitrogen and oxygen atoms in total. The summed E-state index contributed by atoms with van der Waals surface area (Å²) in [4.78, 5) is 22.6. The lowest BCUT2D eigenvalue weighted by molar-refractivity contribution is 0.572. The topological polar surface area (TPSA) is 73.8 Å². The Morgan fingerprint density at radius 1 is 1.06 bits per heavy atom. The second-order valence-electron chi connectivity index (χ2n) is 7.96. The summed E-state index contributed by atoms with van der Waals surface area (Å²) in [5.41, 5.74) is 8.41. The van der Waals surface area contributed by atoms with Gasteiger partial charge < -0.3 is 5.73 Å². The van der Waals surface area contributed by atoms with Crippen LogP contribution in [0.25, 0.3) is 16.6 Å². The van der Waals surface area contributed by atoms with Crippen LogP contribution in [-0.4, -0.2) is 14.5 Å². The van der Waals surface area contributed by atoms with Gasteiger partial charge in [0.25, 0.3) is 5.56 Å². The van der Waals surface area contributed by atoms with Crippen LogP contribution in [0.4, 0.5) is 8.78 Å². The van der Waals surface area contributed by atoms with Crippen molar-refractivity contribution in [2.45, 2.75) is 32.2 Å². The molecular formula is C24H21BrF2N4O. The minimum absolute atomic E-state index is 0.0954. The Morgan fingerprint density at radius 2 is 1.78 bits per heavy atom. The molecule has 32 heavy (non-hydrogen) atoms. The number of aromatic nitrogens is 3. The summed E-state index contributed by atoms with van der Waals surface area (Å²) in [5, 5.41) is 0.425. The molecule has 2 N–H and O–H groups in total. The summed E-state index contributed by atoms with van der Waals surface area (Å²) in [5.74, 6) is -0.858. The summed E-state index contributed by atoms with van der Waals surface area (Å²) in [6, 6.07) is 11.3. The molecule has 0 fully saturated rings. The van der Waals surface area contributed by atoms with Crippen molar-refractivity contribution in [1.29, 1.82) is 0 Å². The molecule has 0 radical (unpaired) electrons. The molecule has 0 spiro atoms. The van der Waals surface area contributed by atoms with Gasteiger partial charge in [0.1, 0.15) is 17.5 Å². The molecule has 164 valence electrons. The number of pyridine rings is 1. The minimum atomic E-state index is -0.794. The minimum Gasteiger partial charge on any atom is -0.321 e. The van der Waals surface area contributed by atoms with E-state index in [9.17, 15) is 13.6 Å². The first kappa shape index (κ1) is 22.2. The Morgan fingerprint density at radius 3 is 2.41 bits per heavy atom. The van der Waals surface area contributed by atoms with Crippen LogP contribution in [0.1, 0.15) is 42.9 Å². The van der Waals surface area contributed by atoms with Crippen LogP contribution < -0.4 is 11.3 Å². The van der Waals surface area contributed by atoms with Crippen LogP contribution in [0.2, 0.25) is 0 Å². The Balaban J connectivity index is 1.88. The zero-order chi connectivity index (χ0) is 23.0. The van der Waals surface area contributed by atoms with Gasteiger partial charge in [0.2, 0.25) is 0 Å². The number of hydrogen-bond donors (Lipinski definition) is 1. The molecule has 2 aromatic carbocycles. The third kappa shape index (κ3) is 4.47. The molecule has 1 atom stereocenters. The van der Waals surface area contributed by atoms with Crippen molar-refractivity contribution in [1.82, 2.24) is 14.5 Å². The van der Waals surface area contributed by atoms with Gasteiger partial charge in [0, 0.05) is 16.2 Å². The normalized spacial score (nSPS) is 12.5. The van der Waals surface area contributed by atoms with Crippen molar-refractivity contribution in [3.05, 3.63) is 98.3 Å². The molecule has 0 amide bonds. The van der Waals surface area contributed by atoms with Gasteiger partial charge in [-0.2, -0.15) is 0 Å². The highest BCUT2D eigenvalue weighted by Crippen LogP contribution is 2.23. The lowest BCUT2D eigenvalue weighted by atomic mass is 10.0. The number of halogens is 3. The van der Waals surface area contributed by atoms with E-state index < -0.39 is 17.7 Å². The zero-order valence-corrected chi connectivity index (χ0v) is 19.1. The summed E-state index contributed by atoms with van der Waals surface area (Å²) in [7, 11) is 0. The molecule has 0 aliphatic carbocycles. The molecule has 2 aromatic heterocycles. The van der Waals surface area contributed by atoms with Gasteiger partial charge in [-0.05, 0) is 60.4 Å². The number of rotatable bonds is 5. The molecule has 4 rings (SSSR count). The smallest absolute Gasteiger partial charge is 0.266 e. The van der Waals surface area contributed by atoms with Crippen LogP contribution in [0.5, 0.6) is 0 Å². The van der Waals surface area contributed by atoms with E-state index in [1.54, 1.807) is 30.5 Å². The average Bonchev–Trinajstić information content (AvgIpc) is 2.72. The summed E-state index contributed by atoms with van der Waals surface area (Å²) >= 11 is 3.40. The quantitative estimate of drug-likeness (QED) is 0.411. The van der Waals surface area contributed by atoms with Gasteiger partial charge in [-0.25, -0.2) is 13.8 Å². The predicted octanol–water partition coefficient (Wildman–Crippen LogP) is 5.19. The number of benzene rings is 2. The molecule has 0 unspecified atom stereocenters. The van der Waals surface area contributed by atoms with Crippen LogP contribution in [0, 0.1) is 11.6 Å². The zero-order valence-electron chi connectivity index (χ0n) is 17.5. The highest BCUT2D eigenvalue weighted by Gasteiger charge is 2.20. The molecule has 0 aliphatic rings. The predicted molar refractivity (Wildman–Crippen MR) is 124 cm³/mol. The van der Waals surface area contributed by atoms with Crippen LogP contribution in [-0.2, 0) is 6.42 Å². The highest BCUT2D eigenvalue weighted by atomic mass is 79.9. The molecule has 0 aliphatic heterocycles. The van der Waals surface area contributed by atoms with Crippen LogP contribution in [0.15, 0.2) is 64.0 Å². The fourth-order valence-electron chi connectivity index (χ4n) is 3.62. The lowest BCUT2D eigenvalue weighted by Crippen LogP contribution is -2.29. The fourth-order valence-corrected chi connectivity index (χ4v) is 3.97. The van der Waals surface area contributed by atoms with E-state index in [4.69, 9.17) is 5.73 Å². The lowest BCUT2D eigenvalue weighted by Gasteiger charge is -2.19. The van der Waals surface area contributed by atoms with Crippen molar-refractivity contribution >= 4 is 26.8 Å². The van der Waals surface area contributed by atoms with Gasteiger partial charge in [0.15, 0.2) is 0 Å². The second kappa shape index (κ2) is 8.88. The second-order valence-corrected chi connectivity index (χ2v) is 8.87. The maximum absolute atomic E-state index is 13.7. The maximum Gasteiger partial charge on any atom is 0.266 e. The molecule has 0 saturated carbocycles. The van der Waals surface area contributed by atoms with Crippen molar-refractivity contribution in [2.24, 2.45) is 5.73 Å². The van der Waals surface area contributed by atoms with Crippen molar-refractivity contribution in [2.75, 3.05) is 0 Å². The largest absolute Gasteiger partial charge is 0.321 e. The molecule has 4 aromatic rings. The third-order valence-electron chi connectivity index (χ3n) is 5.19. The fraction of sp³-hybridized carbons (Fsp3) is 0.208. The Bertz CT molecular complexity index is 1330. The van der Waals surface area contributed by atoms with Crippen molar-refractivity contribution in [3.63, 3.8) is 0 Å². The summed E-state index contributed by atoms with van der Waals surface area (Å²) in [6.07, 6.45) is 1.71. The van der Waals surface area contributed by atoms with Crippen LogP contribution >= 0.6 is 15.9 Å². The monoisotopic (exact) mass is 498 g/mol.